The Morgan fingerprint density at radius 1 is 0.308 bits per heavy atom. The number of benzene rings is 6. The maximum Gasteiger partial charge on any atom is 0.261 e. The van der Waals surface area contributed by atoms with Crippen LogP contribution in [0.1, 0.15) is 146 Å². The summed E-state index contributed by atoms with van der Waals surface area (Å²) in [5, 5.41) is 4.55. The Hall–Kier alpha value is -8.48. The van der Waals surface area contributed by atoms with E-state index in [-0.39, 0.29) is 71.0 Å². The molecule has 0 aromatic heterocycles. The highest BCUT2D eigenvalue weighted by Gasteiger charge is 2.54. The van der Waals surface area contributed by atoms with Gasteiger partial charge in [-0.2, -0.15) is 0 Å². The number of para-hydroxylation sites is 2. The number of imide groups is 2. The second kappa shape index (κ2) is 16.5. The van der Waals surface area contributed by atoms with Crippen LogP contribution in [0.5, 0.6) is 0 Å². The second-order valence-corrected chi connectivity index (χ2v) is 24.1. The van der Waals surface area contributed by atoms with Gasteiger partial charge in [-0.3, -0.25) is 19.2 Å². The molecule has 0 N–H and O–H groups in total. The van der Waals surface area contributed by atoms with Gasteiger partial charge in [-0.15, -0.1) is 0 Å². The minimum Gasteiger partial charge on any atom is -0.269 e. The monoisotopic (exact) mass is 1010 g/mol. The number of hydrogen-bond acceptors (Lipinski definition) is 4. The third-order valence-electron chi connectivity index (χ3n) is 18.5. The molecule has 0 spiro atoms. The first kappa shape index (κ1) is 46.8. The van der Waals surface area contributed by atoms with Crippen molar-refractivity contribution < 1.29 is 19.2 Å². The fraction of sp³-hybridized carbons (Fsp3) is 0.222. The molecule has 7 aliphatic carbocycles. The highest BCUT2D eigenvalue weighted by molar-refractivity contribution is 6.32. The molecule has 2 aliphatic heterocycles. The minimum absolute atomic E-state index is 0.108. The molecule has 0 unspecified atom stereocenters. The lowest BCUT2D eigenvalue weighted by molar-refractivity contribution is -0.126. The maximum atomic E-state index is 14.8. The van der Waals surface area contributed by atoms with Crippen molar-refractivity contribution in [1.82, 2.24) is 0 Å². The maximum absolute atomic E-state index is 14.8. The standard InChI is InChI=1S/C72H58N2O4/c1-35(2)47-11-9-12-48(36(3)4)67(47)73-69(75)55-23-19-51-59-31-43-27-39-15-17-41-29-45-33-61-53-21-25-57-66-58(72(78)74(71(57)77)68-49(37(5)6)13-10-14-50(68)38(7)8)26-22-54(64(53)66)62(61)34-46(45)30-42(41)18-16-40(39)28-44(43)32-60(59)52-20-24-56(70(73)76)65(55)63(51)52/h9-38,63-66H,1-8H3/b17-15-,18-16-,39-15?,40-16?,41-17?,42-18?. The molecular weight excluding hydrogens is 957 g/mol. The average Bonchev–Trinajstić information content (AvgIpc) is 3.79. The van der Waals surface area contributed by atoms with Crippen molar-refractivity contribution in [2.75, 3.05) is 9.80 Å². The minimum atomic E-state index is -0.335. The van der Waals surface area contributed by atoms with Crippen LogP contribution in [-0.4, -0.2) is 23.6 Å². The van der Waals surface area contributed by atoms with Gasteiger partial charge in [0.05, 0.1) is 11.4 Å². The molecule has 380 valence electrons. The Morgan fingerprint density at radius 3 is 0.756 bits per heavy atom. The van der Waals surface area contributed by atoms with Gasteiger partial charge in [0.25, 0.3) is 23.6 Å². The van der Waals surface area contributed by atoms with E-state index in [4.69, 9.17) is 0 Å². The van der Waals surface area contributed by atoms with E-state index in [0.717, 1.165) is 122 Å². The predicted molar refractivity (Wildman–Crippen MR) is 318 cm³/mol. The molecule has 0 radical (unpaired) electrons. The first-order valence-corrected chi connectivity index (χ1v) is 28.0. The Labute approximate surface area is 455 Å². The third-order valence-corrected chi connectivity index (χ3v) is 18.5. The van der Waals surface area contributed by atoms with Crippen LogP contribution in [0.4, 0.5) is 11.4 Å². The van der Waals surface area contributed by atoms with Gasteiger partial charge in [0.2, 0.25) is 0 Å². The number of amides is 4. The SMILES string of the molecule is CC(C)c1cccc(C(C)C)c1N1C(=O)C2=CC=C3c4cc5cc6c(cc5cc4C4=CC=C(C1=O)C2C34)/C=C\c1cc2cc3c(cc2cc1/C=C\6)C1=CC=C2C(=O)N(c4c(C(C)C)cccc4C(C)C)C(=O)C4=CC=C3C1C24. The molecule has 0 atom stereocenters. The number of anilines is 2. The van der Waals surface area contributed by atoms with E-state index in [0.29, 0.717) is 22.3 Å². The summed E-state index contributed by atoms with van der Waals surface area (Å²) in [4.78, 5) is 62.1. The number of nitrogens with zero attached hydrogens (tertiary/aromatic N) is 2. The van der Waals surface area contributed by atoms with Crippen molar-refractivity contribution in [2.24, 2.45) is 23.7 Å². The number of piperidine rings is 2. The lowest BCUT2D eigenvalue weighted by Gasteiger charge is -2.42. The van der Waals surface area contributed by atoms with Crippen molar-refractivity contribution in [3.05, 3.63) is 223 Å². The van der Waals surface area contributed by atoms with Crippen molar-refractivity contribution in [3.8, 4) is 0 Å². The zero-order valence-electron chi connectivity index (χ0n) is 45.2. The molecule has 0 bridgehead atoms. The molecule has 78 heavy (non-hydrogen) atoms. The molecule has 2 fully saturated rings. The van der Waals surface area contributed by atoms with Gasteiger partial charge in [0.1, 0.15) is 0 Å². The largest absolute Gasteiger partial charge is 0.269 e. The lowest BCUT2D eigenvalue weighted by Crippen LogP contribution is -2.50. The average molecular weight is 1020 g/mol. The Bertz CT molecular complexity index is 3730. The molecule has 6 aromatic rings. The molecule has 9 aliphatic rings. The van der Waals surface area contributed by atoms with Crippen LogP contribution in [-0.2, 0) is 19.2 Å². The van der Waals surface area contributed by atoms with Gasteiger partial charge in [-0.1, -0.05) is 165 Å². The van der Waals surface area contributed by atoms with Crippen LogP contribution >= 0.6 is 0 Å². The van der Waals surface area contributed by atoms with Crippen LogP contribution < -0.4 is 9.80 Å². The van der Waals surface area contributed by atoms with Crippen molar-refractivity contribution in [2.45, 2.75) is 79.1 Å². The molecule has 6 nitrogen and oxygen atoms in total. The summed E-state index contributed by atoms with van der Waals surface area (Å²) in [6.45, 7) is 17.0. The third kappa shape index (κ3) is 6.31. The molecule has 6 heteroatoms. The van der Waals surface area contributed by atoms with E-state index < -0.39 is 0 Å². The summed E-state index contributed by atoms with van der Waals surface area (Å²) in [5.41, 5.74) is 22.0. The quantitative estimate of drug-likeness (QED) is 0.156. The van der Waals surface area contributed by atoms with Crippen molar-refractivity contribution in [1.29, 1.82) is 0 Å². The number of carbonyl (C=O) groups is 4. The van der Waals surface area contributed by atoms with Gasteiger partial charge in [0, 0.05) is 46.0 Å². The summed E-state index contributed by atoms with van der Waals surface area (Å²) in [5.74, 6) is -1.22. The predicted octanol–water partition coefficient (Wildman–Crippen LogP) is 16.1. The molecule has 0 saturated carbocycles. The number of allylic oxidation sites excluding steroid dienone is 12. The zero-order chi connectivity index (χ0) is 53.5. The Kier molecular flexibility index (Phi) is 9.91. The van der Waals surface area contributed by atoms with Crippen molar-refractivity contribution in [3.63, 3.8) is 0 Å². The smallest absolute Gasteiger partial charge is 0.261 e. The Balaban J connectivity index is 0.773. The molecule has 2 saturated heterocycles. The lowest BCUT2D eigenvalue weighted by atomic mass is 9.67. The van der Waals surface area contributed by atoms with Gasteiger partial charge in [0.15, 0.2) is 0 Å². The number of carbonyl (C=O) groups excluding carboxylic acids is 4. The van der Waals surface area contributed by atoms with Crippen LogP contribution in [0.25, 0.3) is 68.1 Å². The number of hydrogen-bond donors (Lipinski definition) is 0. The molecule has 4 amide bonds. The van der Waals surface area contributed by atoms with Gasteiger partial charge < -0.3 is 0 Å². The summed E-state index contributed by atoms with van der Waals surface area (Å²) < 4.78 is 0. The van der Waals surface area contributed by atoms with E-state index in [9.17, 15) is 19.2 Å². The van der Waals surface area contributed by atoms with Crippen LogP contribution in [0, 0.1) is 23.7 Å². The van der Waals surface area contributed by atoms with Gasteiger partial charge in [-0.25, -0.2) is 9.80 Å². The van der Waals surface area contributed by atoms with E-state index >= 15 is 0 Å². The molecule has 2 heterocycles. The van der Waals surface area contributed by atoms with Gasteiger partial charge in [-0.05, 0) is 183 Å². The fourth-order valence-electron chi connectivity index (χ4n) is 14.8. The topological polar surface area (TPSA) is 74.8 Å². The molecule has 15 rings (SSSR count). The van der Waals surface area contributed by atoms with Gasteiger partial charge >= 0.3 is 0 Å². The van der Waals surface area contributed by atoms with Crippen LogP contribution in [0.15, 0.2) is 156 Å². The highest BCUT2D eigenvalue weighted by atomic mass is 16.2. The molecular formula is C72H58N2O4. The van der Waals surface area contributed by atoms with Crippen LogP contribution in [0.2, 0.25) is 0 Å². The van der Waals surface area contributed by atoms with Crippen LogP contribution in [0.3, 0.4) is 0 Å². The fourth-order valence-corrected chi connectivity index (χ4v) is 14.8. The second-order valence-electron chi connectivity index (χ2n) is 24.1. The normalized spacial score (nSPS) is 22.7. The van der Waals surface area contributed by atoms with E-state index in [2.05, 4.69) is 177 Å². The van der Waals surface area contributed by atoms with E-state index in [1.165, 1.54) is 9.80 Å². The highest BCUT2D eigenvalue weighted by Crippen LogP contribution is 2.61. The number of fused-ring (bicyclic) bond motifs is 10. The van der Waals surface area contributed by atoms with E-state index in [1.807, 2.05) is 36.4 Å². The zero-order valence-corrected chi connectivity index (χ0v) is 45.2. The summed E-state index contributed by atoms with van der Waals surface area (Å²) in [6.07, 6.45) is 25.5. The summed E-state index contributed by atoms with van der Waals surface area (Å²) in [7, 11) is 0. The molecule has 6 aromatic carbocycles. The summed E-state index contributed by atoms with van der Waals surface area (Å²) >= 11 is 0. The number of rotatable bonds is 6. The van der Waals surface area contributed by atoms with Crippen molar-refractivity contribution >= 4 is 103 Å². The Morgan fingerprint density at radius 2 is 0.526 bits per heavy atom. The first-order chi connectivity index (χ1) is 37.7. The first-order valence-electron chi connectivity index (χ1n) is 28.0. The summed E-state index contributed by atoms with van der Waals surface area (Å²) in [6, 6.07) is 30.7. The van der Waals surface area contributed by atoms with E-state index in [1.54, 1.807) is 0 Å².